The van der Waals surface area contributed by atoms with Gasteiger partial charge in [-0.15, -0.1) is 0 Å². The van der Waals surface area contributed by atoms with E-state index in [-0.39, 0.29) is 6.04 Å². The first-order valence-electron chi connectivity index (χ1n) is 6.34. The SMILES string of the molecule is CNC(Cc1cnccc1N)c1ccc(Cl)cc1OC. The summed E-state index contributed by atoms with van der Waals surface area (Å²) in [4.78, 5) is 4.12. The number of likely N-dealkylation sites (N-methyl/N-ethyl adjacent to an activating group) is 1. The number of rotatable bonds is 5. The summed E-state index contributed by atoms with van der Waals surface area (Å²) >= 11 is 6.00. The van der Waals surface area contributed by atoms with Crippen molar-refractivity contribution in [2.75, 3.05) is 19.9 Å². The molecule has 0 amide bonds. The Hall–Kier alpha value is -1.78. The van der Waals surface area contributed by atoms with Crippen molar-refractivity contribution in [3.05, 3.63) is 52.8 Å². The van der Waals surface area contributed by atoms with Gasteiger partial charge in [0.15, 0.2) is 0 Å². The van der Waals surface area contributed by atoms with Gasteiger partial charge in [-0.2, -0.15) is 0 Å². The minimum atomic E-state index is 0.0775. The molecular weight excluding hydrogens is 274 g/mol. The molecule has 0 aliphatic rings. The van der Waals surface area contributed by atoms with Crippen LogP contribution in [-0.2, 0) is 6.42 Å². The summed E-state index contributed by atoms with van der Waals surface area (Å²) in [6.07, 6.45) is 4.21. The van der Waals surface area contributed by atoms with Crippen LogP contribution in [0.1, 0.15) is 17.2 Å². The summed E-state index contributed by atoms with van der Waals surface area (Å²) in [6.45, 7) is 0. The van der Waals surface area contributed by atoms with E-state index >= 15 is 0 Å². The molecule has 0 saturated heterocycles. The van der Waals surface area contributed by atoms with Crippen molar-refractivity contribution in [1.82, 2.24) is 10.3 Å². The van der Waals surface area contributed by atoms with Gasteiger partial charge in [-0.3, -0.25) is 4.98 Å². The van der Waals surface area contributed by atoms with Crippen molar-refractivity contribution in [3.63, 3.8) is 0 Å². The smallest absolute Gasteiger partial charge is 0.125 e. The Morgan fingerprint density at radius 1 is 1.40 bits per heavy atom. The standard InChI is InChI=1S/C15H18ClN3O/c1-18-14(7-10-9-19-6-5-13(10)17)12-4-3-11(16)8-15(12)20-2/h3-6,8-9,14,18H,7H2,1-2H3,(H2,17,19). The van der Waals surface area contributed by atoms with Gasteiger partial charge in [0.1, 0.15) is 5.75 Å². The maximum absolute atomic E-state index is 6.00. The number of halogens is 1. The van der Waals surface area contributed by atoms with Gasteiger partial charge < -0.3 is 15.8 Å². The third-order valence-corrected chi connectivity index (χ3v) is 3.52. The molecule has 0 aliphatic carbocycles. The highest BCUT2D eigenvalue weighted by Gasteiger charge is 2.16. The van der Waals surface area contributed by atoms with E-state index < -0.39 is 0 Å². The predicted molar refractivity (Wildman–Crippen MR) is 82.2 cm³/mol. The predicted octanol–water partition coefficient (Wildman–Crippen LogP) is 2.83. The molecule has 1 unspecified atom stereocenters. The number of hydrogen-bond acceptors (Lipinski definition) is 4. The number of nitrogens with one attached hydrogen (secondary N) is 1. The lowest BCUT2D eigenvalue weighted by Crippen LogP contribution is -2.20. The molecule has 20 heavy (non-hydrogen) atoms. The Bertz CT molecular complexity index is 589. The number of hydrogen-bond donors (Lipinski definition) is 2. The van der Waals surface area contributed by atoms with E-state index in [0.717, 1.165) is 29.0 Å². The number of methoxy groups -OCH3 is 1. The Kier molecular flexibility index (Phi) is 4.82. The van der Waals surface area contributed by atoms with Crippen molar-refractivity contribution in [2.45, 2.75) is 12.5 Å². The highest BCUT2D eigenvalue weighted by molar-refractivity contribution is 6.30. The number of benzene rings is 1. The Morgan fingerprint density at radius 2 is 2.20 bits per heavy atom. The van der Waals surface area contributed by atoms with E-state index in [4.69, 9.17) is 22.1 Å². The van der Waals surface area contributed by atoms with Crippen molar-refractivity contribution in [1.29, 1.82) is 0 Å². The molecule has 0 spiro atoms. The van der Waals surface area contributed by atoms with E-state index in [9.17, 15) is 0 Å². The fraction of sp³-hybridized carbons (Fsp3) is 0.267. The second kappa shape index (κ2) is 6.59. The summed E-state index contributed by atoms with van der Waals surface area (Å²) < 4.78 is 5.41. The molecule has 1 atom stereocenters. The van der Waals surface area contributed by atoms with Gasteiger partial charge in [-0.05, 0) is 37.2 Å². The maximum atomic E-state index is 6.00. The van der Waals surface area contributed by atoms with Crippen LogP contribution in [0, 0.1) is 0 Å². The molecule has 1 heterocycles. The number of pyridine rings is 1. The number of anilines is 1. The largest absolute Gasteiger partial charge is 0.496 e. The first kappa shape index (κ1) is 14.6. The monoisotopic (exact) mass is 291 g/mol. The second-order valence-electron chi connectivity index (χ2n) is 4.51. The first-order chi connectivity index (χ1) is 9.65. The van der Waals surface area contributed by atoms with E-state index in [1.165, 1.54) is 0 Å². The zero-order chi connectivity index (χ0) is 14.5. The molecule has 0 radical (unpaired) electrons. The molecule has 2 aromatic rings. The molecule has 1 aromatic carbocycles. The van der Waals surface area contributed by atoms with Crippen LogP contribution in [0.5, 0.6) is 5.75 Å². The number of ether oxygens (including phenoxy) is 1. The number of nitrogen functional groups attached to an aromatic ring is 1. The molecule has 106 valence electrons. The van der Waals surface area contributed by atoms with Crippen LogP contribution in [0.4, 0.5) is 5.69 Å². The molecule has 0 aliphatic heterocycles. The normalized spacial score (nSPS) is 12.2. The molecule has 5 heteroatoms. The molecule has 1 aromatic heterocycles. The van der Waals surface area contributed by atoms with Gasteiger partial charge in [0, 0.05) is 34.7 Å². The van der Waals surface area contributed by atoms with Crippen molar-refractivity contribution < 1.29 is 4.74 Å². The summed E-state index contributed by atoms with van der Waals surface area (Å²) in [5.41, 5.74) is 8.77. The van der Waals surface area contributed by atoms with E-state index in [2.05, 4.69) is 10.3 Å². The molecule has 4 nitrogen and oxygen atoms in total. The average Bonchev–Trinajstić information content (AvgIpc) is 2.46. The van der Waals surface area contributed by atoms with Gasteiger partial charge in [0.2, 0.25) is 0 Å². The van der Waals surface area contributed by atoms with Crippen molar-refractivity contribution in [3.8, 4) is 5.75 Å². The fourth-order valence-corrected chi connectivity index (χ4v) is 2.33. The van der Waals surface area contributed by atoms with Gasteiger partial charge in [-0.25, -0.2) is 0 Å². The summed E-state index contributed by atoms with van der Waals surface area (Å²) in [5, 5.41) is 3.94. The molecule has 0 bridgehead atoms. The summed E-state index contributed by atoms with van der Waals surface area (Å²) in [6, 6.07) is 7.52. The summed E-state index contributed by atoms with van der Waals surface area (Å²) in [5.74, 6) is 0.763. The van der Waals surface area contributed by atoms with Crippen molar-refractivity contribution >= 4 is 17.3 Å². The topological polar surface area (TPSA) is 60.2 Å². The molecule has 3 N–H and O–H groups in total. The minimum Gasteiger partial charge on any atom is -0.496 e. The quantitative estimate of drug-likeness (QED) is 0.889. The third-order valence-electron chi connectivity index (χ3n) is 3.28. The first-order valence-corrected chi connectivity index (χ1v) is 6.72. The van der Waals surface area contributed by atoms with E-state index in [1.807, 2.05) is 25.2 Å². The van der Waals surface area contributed by atoms with Gasteiger partial charge in [0.05, 0.1) is 7.11 Å². The molecule has 2 rings (SSSR count). The van der Waals surface area contributed by atoms with Crippen LogP contribution >= 0.6 is 11.6 Å². The second-order valence-corrected chi connectivity index (χ2v) is 4.94. The minimum absolute atomic E-state index is 0.0775. The van der Waals surface area contributed by atoms with Gasteiger partial charge in [0.25, 0.3) is 0 Å². The van der Waals surface area contributed by atoms with Crippen LogP contribution in [0.3, 0.4) is 0 Å². The molecular formula is C15H18ClN3O. The average molecular weight is 292 g/mol. The van der Waals surface area contributed by atoms with Crippen molar-refractivity contribution in [2.24, 2.45) is 0 Å². The van der Waals surface area contributed by atoms with Crippen LogP contribution in [0.15, 0.2) is 36.7 Å². The molecule has 0 saturated carbocycles. The lowest BCUT2D eigenvalue weighted by Gasteiger charge is -2.20. The third kappa shape index (κ3) is 3.21. The van der Waals surface area contributed by atoms with Crippen LogP contribution in [0.2, 0.25) is 5.02 Å². The Morgan fingerprint density at radius 3 is 2.85 bits per heavy atom. The maximum Gasteiger partial charge on any atom is 0.125 e. The van der Waals surface area contributed by atoms with Crippen LogP contribution in [0.25, 0.3) is 0 Å². The highest BCUT2D eigenvalue weighted by atomic mass is 35.5. The number of nitrogens with zero attached hydrogens (tertiary/aromatic N) is 1. The zero-order valence-corrected chi connectivity index (χ0v) is 12.3. The fourth-order valence-electron chi connectivity index (χ4n) is 2.17. The van der Waals surface area contributed by atoms with E-state index in [0.29, 0.717) is 5.02 Å². The lowest BCUT2D eigenvalue weighted by molar-refractivity contribution is 0.401. The Labute approximate surface area is 123 Å². The molecule has 0 fully saturated rings. The van der Waals surface area contributed by atoms with Gasteiger partial charge >= 0.3 is 0 Å². The Balaban J connectivity index is 2.31. The number of aromatic nitrogens is 1. The number of nitrogens with two attached hydrogens (primary N) is 1. The summed E-state index contributed by atoms with van der Waals surface area (Å²) in [7, 11) is 3.55. The van der Waals surface area contributed by atoms with Crippen LogP contribution in [-0.4, -0.2) is 19.1 Å². The van der Waals surface area contributed by atoms with Crippen LogP contribution < -0.4 is 15.8 Å². The van der Waals surface area contributed by atoms with E-state index in [1.54, 1.807) is 25.6 Å². The lowest BCUT2D eigenvalue weighted by atomic mass is 9.98. The van der Waals surface area contributed by atoms with Gasteiger partial charge in [-0.1, -0.05) is 17.7 Å². The highest BCUT2D eigenvalue weighted by Crippen LogP contribution is 2.30. The zero-order valence-electron chi connectivity index (χ0n) is 11.6.